The maximum Gasteiger partial charge on any atom is 0.288 e. The number of carbonyl (C=O) groups excluding carboxylic acids is 1. The summed E-state index contributed by atoms with van der Waals surface area (Å²) in [6.45, 7) is 2.92. The molecule has 1 aromatic carbocycles. The lowest BCUT2D eigenvalue weighted by Crippen LogP contribution is -2.40. The van der Waals surface area contributed by atoms with Crippen LogP contribution in [0.3, 0.4) is 0 Å². The Kier molecular flexibility index (Phi) is 7.42. The van der Waals surface area contributed by atoms with Crippen molar-refractivity contribution in [2.45, 2.75) is 36.5 Å². The van der Waals surface area contributed by atoms with Crippen LogP contribution in [-0.4, -0.2) is 24.3 Å². The van der Waals surface area contributed by atoms with E-state index in [1.165, 1.54) is 0 Å². The molecule has 2 N–H and O–H groups in total. The number of hydrogen-bond acceptors (Lipinski definition) is 3. The summed E-state index contributed by atoms with van der Waals surface area (Å²) >= 11 is 0.500. The number of anilines is 1. The first-order chi connectivity index (χ1) is 9.54. The average Bonchev–Trinajstić information content (AvgIpc) is 2.40. The third-order valence-corrected chi connectivity index (χ3v) is 4.06. The molecular formula is C14H19ClF2N2OS. The van der Waals surface area contributed by atoms with E-state index in [2.05, 4.69) is 17.6 Å². The molecule has 0 radical (unpaired) electrons. The SMILES string of the molecule is C[C@H]1C[C@@H](C(=O)Nc2ccc(SC(F)F)cc2)CCN1.Cl. The Bertz CT molecular complexity index is 459. The van der Waals surface area contributed by atoms with Crippen LogP contribution in [0.4, 0.5) is 14.5 Å². The lowest BCUT2D eigenvalue weighted by atomic mass is 9.92. The van der Waals surface area contributed by atoms with Crippen molar-refractivity contribution in [1.82, 2.24) is 5.32 Å². The quantitative estimate of drug-likeness (QED) is 0.823. The summed E-state index contributed by atoms with van der Waals surface area (Å²) < 4.78 is 24.4. The van der Waals surface area contributed by atoms with Crippen LogP contribution in [0.25, 0.3) is 0 Å². The van der Waals surface area contributed by atoms with Crippen LogP contribution in [-0.2, 0) is 4.79 Å². The number of nitrogens with one attached hydrogen (secondary N) is 2. The molecule has 1 aromatic rings. The van der Waals surface area contributed by atoms with Crippen molar-refractivity contribution in [2.75, 3.05) is 11.9 Å². The molecule has 0 spiro atoms. The second kappa shape index (κ2) is 8.56. The summed E-state index contributed by atoms with van der Waals surface area (Å²) in [6.07, 6.45) is 1.65. The third-order valence-electron chi connectivity index (χ3n) is 3.34. The Morgan fingerprint density at radius 3 is 2.62 bits per heavy atom. The normalized spacial score (nSPS) is 21.7. The Balaban J connectivity index is 0.00000220. The van der Waals surface area contributed by atoms with Crippen molar-refractivity contribution in [3.63, 3.8) is 0 Å². The first kappa shape index (κ1) is 18.2. The molecule has 0 unspecified atom stereocenters. The first-order valence-corrected chi connectivity index (χ1v) is 7.51. The molecule has 1 aliphatic rings. The van der Waals surface area contributed by atoms with Gasteiger partial charge in [0.05, 0.1) is 0 Å². The van der Waals surface area contributed by atoms with Crippen molar-refractivity contribution in [1.29, 1.82) is 0 Å². The number of rotatable bonds is 4. The van der Waals surface area contributed by atoms with Gasteiger partial charge in [-0.2, -0.15) is 8.78 Å². The van der Waals surface area contributed by atoms with Gasteiger partial charge in [-0.3, -0.25) is 4.79 Å². The smallest absolute Gasteiger partial charge is 0.288 e. The summed E-state index contributed by atoms with van der Waals surface area (Å²) in [5.74, 6) is -2.40. The summed E-state index contributed by atoms with van der Waals surface area (Å²) in [7, 11) is 0. The standard InChI is InChI=1S/C14H18F2N2OS.ClH/c1-9-8-10(6-7-17-9)13(19)18-11-2-4-12(5-3-11)20-14(15)16;/h2-5,9-10,14,17H,6-8H2,1H3,(H,18,19);1H/t9-,10-;/m0./s1. The van der Waals surface area contributed by atoms with Gasteiger partial charge in [-0.05, 0) is 50.6 Å². The van der Waals surface area contributed by atoms with Gasteiger partial charge in [0.25, 0.3) is 5.76 Å². The molecule has 21 heavy (non-hydrogen) atoms. The van der Waals surface area contributed by atoms with E-state index in [-0.39, 0.29) is 24.2 Å². The van der Waals surface area contributed by atoms with Gasteiger partial charge in [0.2, 0.25) is 5.91 Å². The number of amides is 1. The summed E-state index contributed by atoms with van der Waals surface area (Å²) in [4.78, 5) is 12.6. The minimum atomic E-state index is -2.42. The Hall–Kier alpha value is -0.850. The number of alkyl halides is 2. The minimum absolute atomic E-state index is 0. The number of benzene rings is 1. The molecule has 118 valence electrons. The van der Waals surface area contributed by atoms with Crippen LogP contribution in [0.15, 0.2) is 29.2 Å². The molecule has 1 aliphatic heterocycles. The lowest BCUT2D eigenvalue weighted by molar-refractivity contribution is -0.120. The number of halogens is 3. The maximum atomic E-state index is 12.2. The first-order valence-electron chi connectivity index (χ1n) is 6.63. The van der Waals surface area contributed by atoms with Crippen molar-refractivity contribution in [3.05, 3.63) is 24.3 Å². The predicted octanol–water partition coefficient (Wildman–Crippen LogP) is 3.75. The van der Waals surface area contributed by atoms with Gasteiger partial charge < -0.3 is 10.6 Å². The topological polar surface area (TPSA) is 41.1 Å². The van der Waals surface area contributed by atoms with Gasteiger partial charge in [0, 0.05) is 22.5 Å². The van der Waals surface area contributed by atoms with Gasteiger partial charge in [-0.15, -0.1) is 12.4 Å². The molecule has 0 aromatic heterocycles. The fourth-order valence-corrected chi connectivity index (χ4v) is 2.83. The third kappa shape index (κ3) is 5.80. The molecule has 3 nitrogen and oxygen atoms in total. The van der Waals surface area contributed by atoms with Gasteiger partial charge in [-0.1, -0.05) is 11.8 Å². The molecule has 0 bridgehead atoms. The molecule has 1 amide bonds. The summed E-state index contributed by atoms with van der Waals surface area (Å²) in [6, 6.07) is 6.86. The van der Waals surface area contributed by atoms with E-state index < -0.39 is 5.76 Å². The van der Waals surface area contributed by atoms with E-state index in [9.17, 15) is 13.6 Å². The lowest BCUT2D eigenvalue weighted by Gasteiger charge is -2.27. The molecule has 1 fully saturated rings. The van der Waals surface area contributed by atoms with E-state index in [1.807, 2.05) is 0 Å². The number of hydrogen-bond donors (Lipinski definition) is 2. The Morgan fingerprint density at radius 2 is 2.05 bits per heavy atom. The minimum Gasteiger partial charge on any atom is -0.326 e. The molecule has 1 saturated heterocycles. The Labute approximate surface area is 133 Å². The number of piperidine rings is 1. The van der Waals surface area contributed by atoms with Gasteiger partial charge in [0.1, 0.15) is 0 Å². The monoisotopic (exact) mass is 336 g/mol. The Morgan fingerprint density at radius 1 is 1.38 bits per heavy atom. The fraction of sp³-hybridized carbons (Fsp3) is 0.500. The fourth-order valence-electron chi connectivity index (χ4n) is 2.33. The van der Waals surface area contributed by atoms with Crippen LogP contribution >= 0.6 is 24.2 Å². The van der Waals surface area contributed by atoms with E-state index >= 15 is 0 Å². The maximum absolute atomic E-state index is 12.2. The van der Waals surface area contributed by atoms with Crippen LogP contribution in [0.5, 0.6) is 0 Å². The molecule has 2 atom stereocenters. The molecular weight excluding hydrogens is 318 g/mol. The van der Waals surface area contributed by atoms with E-state index in [0.29, 0.717) is 28.4 Å². The van der Waals surface area contributed by atoms with Gasteiger partial charge >= 0.3 is 0 Å². The van der Waals surface area contributed by atoms with Gasteiger partial charge in [-0.25, -0.2) is 0 Å². The highest BCUT2D eigenvalue weighted by Crippen LogP contribution is 2.26. The second-order valence-electron chi connectivity index (χ2n) is 4.97. The van der Waals surface area contributed by atoms with Crippen LogP contribution in [0.2, 0.25) is 0 Å². The zero-order chi connectivity index (χ0) is 14.5. The van der Waals surface area contributed by atoms with E-state index in [1.54, 1.807) is 24.3 Å². The molecule has 0 saturated carbocycles. The van der Waals surface area contributed by atoms with Crippen molar-refractivity contribution in [2.24, 2.45) is 5.92 Å². The molecule has 2 rings (SSSR count). The molecule has 1 heterocycles. The van der Waals surface area contributed by atoms with Crippen molar-refractivity contribution < 1.29 is 13.6 Å². The molecule has 7 heteroatoms. The predicted molar refractivity (Wildman–Crippen MR) is 84.4 cm³/mol. The highest BCUT2D eigenvalue weighted by atomic mass is 35.5. The average molecular weight is 337 g/mol. The van der Waals surface area contributed by atoms with Crippen molar-refractivity contribution >= 4 is 35.8 Å². The van der Waals surface area contributed by atoms with Crippen molar-refractivity contribution in [3.8, 4) is 0 Å². The number of carbonyl (C=O) groups is 1. The summed E-state index contributed by atoms with van der Waals surface area (Å²) in [5, 5.41) is 6.15. The van der Waals surface area contributed by atoms with Crippen LogP contribution in [0.1, 0.15) is 19.8 Å². The number of thioether (sulfide) groups is 1. The highest BCUT2D eigenvalue weighted by molar-refractivity contribution is 7.99. The highest BCUT2D eigenvalue weighted by Gasteiger charge is 2.24. The van der Waals surface area contributed by atoms with Crippen LogP contribution in [0, 0.1) is 5.92 Å². The summed E-state index contributed by atoms with van der Waals surface area (Å²) in [5.41, 5.74) is 0.653. The second-order valence-corrected chi connectivity index (χ2v) is 6.03. The van der Waals surface area contributed by atoms with E-state index in [4.69, 9.17) is 0 Å². The zero-order valence-corrected chi connectivity index (χ0v) is 13.3. The zero-order valence-electron chi connectivity index (χ0n) is 11.6. The van der Waals surface area contributed by atoms with Gasteiger partial charge in [0.15, 0.2) is 0 Å². The largest absolute Gasteiger partial charge is 0.326 e. The van der Waals surface area contributed by atoms with Crippen LogP contribution < -0.4 is 10.6 Å². The van der Waals surface area contributed by atoms with E-state index in [0.717, 1.165) is 19.4 Å². The molecule has 0 aliphatic carbocycles.